The smallest absolute Gasteiger partial charge is 0.305 e. The molecule has 2 spiro atoms. The third-order valence-electron chi connectivity index (χ3n) is 9.94. The lowest BCUT2D eigenvalue weighted by Gasteiger charge is -2.45. The Hall–Kier alpha value is -3.61. The molecule has 0 amide bonds. The lowest BCUT2D eigenvalue weighted by atomic mass is 9.57. The fraction of sp³-hybridized carbons (Fsp3) is 0.333. The Morgan fingerprint density at radius 2 is 1.29 bits per heavy atom. The van der Waals surface area contributed by atoms with Crippen LogP contribution in [0.25, 0.3) is 10.8 Å². The third kappa shape index (κ3) is 3.54. The summed E-state index contributed by atoms with van der Waals surface area (Å²) in [5.41, 5.74) is 6.98. The van der Waals surface area contributed by atoms with Gasteiger partial charge >= 0.3 is 11.9 Å². The minimum atomic E-state index is -0.562. The summed E-state index contributed by atoms with van der Waals surface area (Å²) in [4.78, 5) is 25.1. The minimum Gasteiger partial charge on any atom is -0.469 e. The SMILES string of the molecule is COC(=O)CCC1(CCC(=O)OC)c2ccccc2C2(S[C@@]23c2c(ccc4ccccc24)C[C@@H]3OC)c2ccccc21. The fourth-order valence-electron chi connectivity index (χ4n) is 8.13. The number of thioether (sulfide) groups is 1. The Morgan fingerprint density at radius 1 is 0.738 bits per heavy atom. The molecule has 4 aromatic carbocycles. The van der Waals surface area contributed by atoms with Crippen molar-refractivity contribution in [3.05, 3.63) is 118 Å². The van der Waals surface area contributed by atoms with Gasteiger partial charge in [-0.25, -0.2) is 0 Å². The predicted octanol–water partition coefficient (Wildman–Crippen LogP) is 6.80. The average molecular weight is 579 g/mol. The number of rotatable bonds is 7. The van der Waals surface area contributed by atoms with Crippen molar-refractivity contribution < 1.29 is 23.8 Å². The number of esters is 2. The van der Waals surface area contributed by atoms with Crippen LogP contribution in [0.1, 0.15) is 59.1 Å². The van der Waals surface area contributed by atoms with E-state index in [-0.39, 0.29) is 40.4 Å². The van der Waals surface area contributed by atoms with Gasteiger partial charge in [-0.1, -0.05) is 84.9 Å². The lowest BCUT2D eigenvalue weighted by molar-refractivity contribution is -0.141. The molecule has 0 aromatic heterocycles. The summed E-state index contributed by atoms with van der Waals surface area (Å²) in [7, 11) is 4.70. The summed E-state index contributed by atoms with van der Waals surface area (Å²) in [6, 6.07) is 30.5. The number of hydrogen-bond donors (Lipinski definition) is 0. The van der Waals surface area contributed by atoms with Gasteiger partial charge in [-0.05, 0) is 57.0 Å². The van der Waals surface area contributed by atoms with Gasteiger partial charge in [0.1, 0.15) is 0 Å². The second-order valence-electron chi connectivity index (χ2n) is 11.6. The van der Waals surface area contributed by atoms with Crippen molar-refractivity contribution in [2.45, 2.75) is 53.1 Å². The van der Waals surface area contributed by atoms with Crippen molar-refractivity contribution >= 4 is 34.5 Å². The molecule has 2 atom stereocenters. The van der Waals surface area contributed by atoms with Crippen LogP contribution in [0.4, 0.5) is 0 Å². The van der Waals surface area contributed by atoms with E-state index in [1.165, 1.54) is 58.4 Å². The molecular weight excluding hydrogens is 544 g/mol. The minimum absolute atomic E-state index is 0.0120. The summed E-state index contributed by atoms with van der Waals surface area (Å²) in [6.45, 7) is 0. The first kappa shape index (κ1) is 27.2. The summed E-state index contributed by atoms with van der Waals surface area (Å²) >= 11 is 2.00. The van der Waals surface area contributed by atoms with Gasteiger partial charge in [-0.15, -0.1) is 11.8 Å². The lowest BCUT2D eigenvalue weighted by Crippen LogP contribution is -2.43. The zero-order chi connectivity index (χ0) is 29.1. The van der Waals surface area contributed by atoms with Gasteiger partial charge in [-0.3, -0.25) is 9.59 Å². The van der Waals surface area contributed by atoms with Crippen molar-refractivity contribution in [2.24, 2.45) is 0 Å². The van der Waals surface area contributed by atoms with Gasteiger partial charge in [0.25, 0.3) is 0 Å². The number of carbonyl (C=O) groups is 2. The van der Waals surface area contributed by atoms with E-state index < -0.39 is 5.41 Å². The Bertz CT molecular complexity index is 1660. The molecule has 1 fully saturated rings. The molecule has 1 aliphatic heterocycles. The third-order valence-corrected chi connectivity index (χ3v) is 11.9. The number of benzene rings is 4. The maximum atomic E-state index is 12.6. The van der Waals surface area contributed by atoms with Gasteiger partial charge in [0.2, 0.25) is 0 Å². The monoisotopic (exact) mass is 578 g/mol. The van der Waals surface area contributed by atoms with Crippen LogP contribution in [0.2, 0.25) is 0 Å². The first-order valence-corrected chi connectivity index (χ1v) is 15.4. The van der Waals surface area contributed by atoms with Gasteiger partial charge in [0, 0.05) is 31.8 Å². The number of methoxy groups -OCH3 is 3. The van der Waals surface area contributed by atoms with Gasteiger partial charge in [-0.2, -0.15) is 0 Å². The van der Waals surface area contributed by atoms with Crippen molar-refractivity contribution in [3.63, 3.8) is 0 Å². The van der Waals surface area contributed by atoms with Crippen LogP contribution in [-0.4, -0.2) is 39.4 Å². The molecular formula is C36H34O5S. The fourth-order valence-corrected chi connectivity index (χ4v) is 10.2. The van der Waals surface area contributed by atoms with Crippen LogP contribution >= 0.6 is 11.8 Å². The van der Waals surface area contributed by atoms with E-state index in [1.807, 2.05) is 18.9 Å². The molecule has 5 nitrogen and oxygen atoms in total. The summed E-state index contributed by atoms with van der Waals surface area (Å²) in [6.07, 6.45) is 2.41. The molecule has 214 valence electrons. The zero-order valence-electron chi connectivity index (χ0n) is 24.1. The van der Waals surface area contributed by atoms with Crippen LogP contribution in [0.3, 0.4) is 0 Å². The highest BCUT2D eigenvalue weighted by molar-refractivity contribution is 8.09. The van der Waals surface area contributed by atoms with Gasteiger partial charge < -0.3 is 14.2 Å². The van der Waals surface area contributed by atoms with Crippen molar-refractivity contribution in [1.29, 1.82) is 0 Å². The largest absolute Gasteiger partial charge is 0.469 e. The highest BCUT2D eigenvalue weighted by atomic mass is 32.2. The van der Waals surface area contributed by atoms with Crippen LogP contribution in [0, 0.1) is 0 Å². The molecule has 4 aromatic rings. The molecule has 7 rings (SSSR count). The quantitative estimate of drug-likeness (QED) is 0.178. The van der Waals surface area contributed by atoms with Crippen LogP contribution < -0.4 is 0 Å². The standard InChI is InChI=1S/C36H34O5S/c1-39-30-22-24-17-16-23-10-4-5-11-25(23)33(24)36(30)35(42-36)28-14-8-6-12-26(28)34(20-18-31(37)40-2,21-19-32(38)41-3)27-13-7-9-15-29(27)35/h4-17,30H,18-22H2,1-3H3/t30-,36-/m0/s1. The van der Waals surface area contributed by atoms with Crippen molar-refractivity contribution in [3.8, 4) is 0 Å². The van der Waals surface area contributed by atoms with E-state index in [0.717, 1.165) is 6.42 Å². The van der Waals surface area contributed by atoms with Crippen LogP contribution in [-0.2, 0) is 45.1 Å². The molecule has 3 aliphatic rings. The second kappa shape index (κ2) is 9.99. The molecule has 0 bridgehead atoms. The normalized spacial score (nSPS) is 21.9. The van der Waals surface area contributed by atoms with E-state index in [1.54, 1.807) is 0 Å². The molecule has 42 heavy (non-hydrogen) atoms. The Labute approximate surface area is 250 Å². The van der Waals surface area contributed by atoms with Gasteiger partial charge in [0.05, 0.1) is 29.8 Å². The average Bonchev–Trinajstić information content (AvgIpc) is 3.61. The Morgan fingerprint density at radius 3 is 1.86 bits per heavy atom. The summed E-state index contributed by atoms with van der Waals surface area (Å²) < 4.78 is 15.9. The van der Waals surface area contributed by atoms with E-state index >= 15 is 0 Å². The van der Waals surface area contributed by atoms with Crippen molar-refractivity contribution in [1.82, 2.24) is 0 Å². The molecule has 1 heterocycles. The summed E-state index contributed by atoms with van der Waals surface area (Å²) in [5, 5.41) is 2.51. The molecule has 0 radical (unpaired) electrons. The number of carbonyl (C=O) groups excluding carboxylic acids is 2. The topological polar surface area (TPSA) is 61.8 Å². The van der Waals surface area contributed by atoms with Crippen LogP contribution in [0.15, 0.2) is 84.9 Å². The number of hydrogen-bond acceptors (Lipinski definition) is 6. The first-order chi connectivity index (χ1) is 20.5. The molecule has 0 N–H and O–H groups in total. The van der Waals surface area contributed by atoms with Crippen LogP contribution in [0.5, 0.6) is 0 Å². The zero-order valence-corrected chi connectivity index (χ0v) is 25.0. The predicted molar refractivity (Wildman–Crippen MR) is 165 cm³/mol. The number of fused-ring (bicyclic) bond motifs is 9. The van der Waals surface area contributed by atoms with E-state index in [9.17, 15) is 9.59 Å². The highest BCUT2D eigenvalue weighted by Gasteiger charge is 2.79. The molecule has 1 saturated heterocycles. The van der Waals surface area contributed by atoms with E-state index in [0.29, 0.717) is 12.8 Å². The molecule has 2 aliphatic carbocycles. The maximum absolute atomic E-state index is 12.6. The highest BCUT2D eigenvalue weighted by Crippen LogP contribution is 2.85. The second-order valence-corrected chi connectivity index (χ2v) is 13.1. The summed E-state index contributed by atoms with van der Waals surface area (Å²) in [5.74, 6) is -0.508. The Balaban J connectivity index is 1.50. The van der Waals surface area contributed by atoms with E-state index in [2.05, 4.69) is 84.9 Å². The first-order valence-electron chi connectivity index (χ1n) is 14.5. The Kier molecular flexibility index (Phi) is 6.48. The number of ether oxygens (including phenoxy) is 3. The maximum Gasteiger partial charge on any atom is 0.305 e. The molecule has 6 heteroatoms. The molecule has 0 unspecified atom stereocenters. The van der Waals surface area contributed by atoms with Crippen molar-refractivity contribution in [2.75, 3.05) is 21.3 Å². The molecule has 0 saturated carbocycles. The van der Waals surface area contributed by atoms with E-state index in [4.69, 9.17) is 14.2 Å². The van der Waals surface area contributed by atoms with Gasteiger partial charge in [0.15, 0.2) is 0 Å².